The first-order valence-electron chi connectivity index (χ1n) is 7.97. The zero-order chi connectivity index (χ0) is 17.9. The number of aromatic nitrogens is 1. The molecule has 0 bridgehead atoms. The molecular formula is C17H18F2N2O3S. The molecule has 8 heteroatoms. The normalized spacial score (nSPS) is 18.9. The molecule has 0 aliphatic carbocycles. The largest absolute Gasteiger partial charge is 0.492 e. The summed E-state index contributed by atoms with van der Waals surface area (Å²) in [6, 6.07) is 5.31. The first kappa shape index (κ1) is 17.8. The van der Waals surface area contributed by atoms with Crippen LogP contribution in [0.4, 0.5) is 8.78 Å². The lowest BCUT2D eigenvalue weighted by molar-refractivity contribution is 0.169. The standard InChI is InChI=1S/C17H18F2N2O3S/c18-13-9-14(19)11-17(10-13)25(22,23)21-8-2-1-3-15(21)12-24-16-4-6-20-7-5-16/h4-7,9-11,15H,1-3,8,12H2. The van der Waals surface area contributed by atoms with Crippen molar-refractivity contribution < 1.29 is 21.9 Å². The lowest BCUT2D eigenvalue weighted by Gasteiger charge is -2.34. The van der Waals surface area contributed by atoms with Crippen molar-refractivity contribution in [1.82, 2.24) is 9.29 Å². The van der Waals surface area contributed by atoms with Gasteiger partial charge in [-0.05, 0) is 37.1 Å². The summed E-state index contributed by atoms with van der Waals surface area (Å²) in [4.78, 5) is 3.52. The fourth-order valence-corrected chi connectivity index (χ4v) is 4.62. The van der Waals surface area contributed by atoms with E-state index in [1.54, 1.807) is 24.5 Å². The van der Waals surface area contributed by atoms with Crippen LogP contribution in [0.2, 0.25) is 0 Å². The van der Waals surface area contributed by atoms with Gasteiger partial charge in [-0.2, -0.15) is 4.31 Å². The zero-order valence-electron chi connectivity index (χ0n) is 13.4. The van der Waals surface area contributed by atoms with Gasteiger partial charge in [0.15, 0.2) is 0 Å². The second kappa shape index (κ2) is 7.45. The molecule has 2 heterocycles. The molecule has 1 atom stereocenters. The zero-order valence-corrected chi connectivity index (χ0v) is 14.3. The first-order chi connectivity index (χ1) is 12.0. The second-order valence-electron chi connectivity index (χ2n) is 5.86. The number of sulfonamides is 1. The number of rotatable bonds is 5. The van der Waals surface area contributed by atoms with Crippen molar-refractivity contribution in [3.8, 4) is 5.75 Å². The third-order valence-corrected chi connectivity index (χ3v) is 6.04. The Hall–Kier alpha value is -2.06. The SMILES string of the molecule is O=S(=O)(c1cc(F)cc(F)c1)N1CCCCC1COc1ccncc1. The van der Waals surface area contributed by atoms with E-state index in [1.165, 1.54) is 4.31 Å². The van der Waals surface area contributed by atoms with Crippen LogP contribution in [0.1, 0.15) is 19.3 Å². The van der Waals surface area contributed by atoms with Gasteiger partial charge in [0.05, 0.1) is 10.9 Å². The van der Waals surface area contributed by atoms with Crippen LogP contribution in [-0.2, 0) is 10.0 Å². The highest BCUT2D eigenvalue weighted by atomic mass is 32.2. The number of ether oxygens (including phenoxy) is 1. The van der Waals surface area contributed by atoms with E-state index in [2.05, 4.69) is 4.98 Å². The van der Waals surface area contributed by atoms with Gasteiger partial charge in [0.1, 0.15) is 24.0 Å². The Bertz CT molecular complexity index is 811. The fraction of sp³-hybridized carbons (Fsp3) is 0.353. The van der Waals surface area contributed by atoms with Crippen molar-refractivity contribution in [3.63, 3.8) is 0 Å². The topological polar surface area (TPSA) is 59.5 Å². The van der Waals surface area contributed by atoms with E-state index >= 15 is 0 Å². The van der Waals surface area contributed by atoms with Crippen molar-refractivity contribution in [2.24, 2.45) is 0 Å². The Morgan fingerprint density at radius 2 is 1.80 bits per heavy atom. The fourth-order valence-electron chi connectivity index (χ4n) is 2.90. The molecule has 2 aromatic rings. The molecule has 3 rings (SSSR count). The Morgan fingerprint density at radius 3 is 2.48 bits per heavy atom. The molecule has 25 heavy (non-hydrogen) atoms. The van der Waals surface area contributed by atoms with E-state index in [0.29, 0.717) is 31.2 Å². The Balaban J connectivity index is 1.81. The van der Waals surface area contributed by atoms with Crippen LogP contribution in [0, 0.1) is 11.6 Å². The average Bonchev–Trinajstić information content (AvgIpc) is 2.60. The van der Waals surface area contributed by atoms with Crippen molar-refractivity contribution >= 4 is 10.0 Å². The summed E-state index contributed by atoms with van der Waals surface area (Å²) >= 11 is 0. The van der Waals surface area contributed by atoms with E-state index in [-0.39, 0.29) is 11.5 Å². The van der Waals surface area contributed by atoms with Crippen molar-refractivity contribution in [3.05, 3.63) is 54.4 Å². The van der Waals surface area contributed by atoms with Gasteiger partial charge < -0.3 is 4.74 Å². The predicted molar refractivity (Wildman–Crippen MR) is 87.6 cm³/mol. The van der Waals surface area contributed by atoms with Crippen LogP contribution in [-0.4, -0.2) is 36.9 Å². The van der Waals surface area contributed by atoms with E-state index in [4.69, 9.17) is 4.74 Å². The van der Waals surface area contributed by atoms with Crippen LogP contribution in [0.25, 0.3) is 0 Å². The van der Waals surface area contributed by atoms with Gasteiger partial charge in [0.2, 0.25) is 10.0 Å². The molecule has 1 aromatic carbocycles. The third kappa shape index (κ3) is 4.13. The molecule has 0 radical (unpaired) electrons. The summed E-state index contributed by atoms with van der Waals surface area (Å²) in [5.41, 5.74) is 0. The summed E-state index contributed by atoms with van der Waals surface area (Å²) in [6.45, 7) is 0.464. The van der Waals surface area contributed by atoms with Gasteiger partial charge in [0.25, 0.3) is 0 Å². The maximum absolute atomic E-state index is 13.4. The summed E-state index contributed by atoms with van der Waals surface area (Å²) in [6.07, 6.45) is 5.36. The molecule has 0 saturated carbocycles. The minimum Gasteiger partial charge on any atom is -0.492 e. The Kier molecular flexibility index (Phi) is 5.29. The van der Waals surface area contributed by atoms with E-state index < -0.39 is 27.7 Å². The Morgan fingerprint density at radius 1 is 1.12 bits per heavy atom. The maximum Gasteiger partial charge on any atom is 0.243 e. The molecule has 1 fully saturated rings. The van der Waals surface area contributed by atoms with Crippen molar-refractivity contribution in [1.29, 1.82) is 0 Å². The minimum atomic E-state index is -4.00. The third-order valence-electron chi connectivity index (χ3n) is 4.11. The molecule has 0 N–H and O–H groups in total. The molecule has 0 amide bonds. The van der Waals surface area contributed by atoms with Crippen molar-refractivity contribution in [2.45, 2.75) is 30.2 Å². The van der Waals surface area contributed by atoms with Crippen LogP contribution < -0.4 is 4.74 Å². The first-order valence-corrected chi connectivity index (χ1v) is 9.41. The molecule has 5 nitrogen and oxygen atoms in total. The number of hydrogen-bond acceptors (Lipinski definition) is 4. The maximum atomic E-state index is 13.4. The van der Waals surface area contributed by atoms with Gasteiger partial charge in [0, 0.05) is 25.0 Å². The number of halogens is 2. The number of nitrogens with zero attached hydrogens (tertiary/aromatic N) is 2. The molecule has 1 saturated heterocycles. The molecule has 1 aromatic heterocycles. The van der Waals surface area contributed by atoms with E-state index in [1.807, 2.05) is 0 Å². The molecule has 1 unspecified atom stereocenters. The van der Waals surface area contributed by atoms with E-state index in [9.17, 15) is 17.2 Å². The van der Waals surface area contributed by atoms with Crippen LogP contribution in [0.15, 0.2) is 47.6 Å². The monoisotopic (exact) mass is 368 g/mol. The Labute approximate surface area is 145 Å². The lowest BCUT2D eigenvalue weighted by atomic mass is 10.1. The smallest absolute Gasteiger partial charge is 0.243 e. The highest BCUT2D eigenvalue weighted by Gasteiger charge is 2.34. The van der Waals surface area contributed by atoms with Crippen LogP contribution >= 0.6 is 0 Å². The molecule has 1 aliphatic rings. The lowest BCUT2D eigenvalue weighted by Crippen LogP contribution is -2.46. The minimum absolute atomic E-state index is 0.168. The second-order valence-corrected chi connectivity index (χ2v) is 7.75. The van der Waals surface area contributed by atoms with Gasteiger partial charge >= 0.3 is 0 Å². The highest BCUT2D eigenvalue weighted by molar-refractivity contribution is 7.89. The molecule has 0 spiro atoms. The number of pyridine rings is 1. The molecule has 134 valence electrons. The summed E-state index contributed by atoms with van der Waals surface area (Å²) in [5, 5.41) is 0. The van der Waals surface area contributed by atoms with Gasteiger partial charge in [-0.3, -0.25) is 4.98 Å². The number of piperidine rings is 1. The van der Waals surface area contributed by atoms with Gasteiger partial charge in [-0.15, -0.1) is 0 Å². The van der Waals surface area contributed by atoms with Crippen LogP contribution in [0.5, 0.6) is 5.75 Å². The van der Waals surface area contributed by atoms with Crippen molar-refractivity contribution in [2.75, 3.05) is 13.2 Å². The molecule has 1 aliphatic heterocycles. The van der Waals surface area contributed by atoms with Crippen LogP contribution in [0.3, 0.4) is 0 Å². The van der Waals surface area contributed by atoms with Gasteiger partial charge in [-0.1, -0.05) is 6.42 Å². The molecular weight excluding hydrogens is 350 g/mol. The number of hydrogen-bond donors (Lipinski definition) is 0. The summed E-state index contributed by atoms with van der Waals surface area (Å²) < 4.78 is 59.5. The summed E-state index contributed by atoms with van der Waals surface area (Å²) in [5.74, 6) is -1.24. The van der Waals surface area contributed by atoms with E-state index in [0.717, 1.165) is 18.6 Å². The summed E-state index contributed by atoms with van der Waals surface area (Å²) in [7, 11) is -4.00. The highest BCUT2D eigenvalue weighted by Crippen LogP contribution is 2.27. The van der Waals surface area contributed by atoms with Gasteiger partial charge in [-0.25, -0.2) is 17.2 Å². The average molecular weight is 368 g/mol. The quantitative estimate of drug-likeness (QED) is 0.814. The number of benzene rings is 1. The predicted octanol–water partition coefficient (Wildman–Crippen LogP) is 2.98.